The number of carboxylic acids is 1. The van der Waals surface area contributed by atoms with Crippen molar-refractivity contribution in [3.63, 3.8) is 0 Å². The van der Waals surface area contributed by atoms with Crippen molar-refractivity contribution in [2.75, 3.05) is 0 Å². The van der Waals surface area contributed by atoms with Gasteiger partial charge in [0.15, 0.2) is 0 Å². The van der Waals surface area contributed by atoms with Crippen LogP contribution in [-0.2, 0) is 0 Å². The molecule has 146 valence electrons. The maximum Gasteiger partial charge on any atom is 0.573 e. The summed E-state index contributed by atoms with van der Waals surface area (Å²) in [7, 11) is 0. The van der Waals surface area contributed by atoms with Crippen molar-refractivity contribution in [2.45, 2.75) is 26.1 Å². The maximum absolute atomic E-state index is 12.6. The van der Waals surface area contributed by atoms with Crippen molar-refractivity contribution in [1.82, 2.24) is 4.98 Å². The van der Waals surface area contributed by atoms with E-state index in [1.54, 1.807) is 32.0 Å². The van der Waals surface area contributed by atoms with Crippen LogP contribution in [0, 0.1) is 0 Å². The molecular weight excluding hydrogens is 395 g/mol. The van der Waals surface area contributed by atoms with Gasteiger partial charge in [0.1, 0.15) is 5.75 Å². The number of carbonyl (C=O) groups is 1. The minimum absolute atomic E-state index is 0.0751. The molecule has 8 heteroatoms. The number of pyridine rings is 1. The van der Waals surface area contributed by atoms with Gasteiger partial charge < -0.3 is 9.84 Å². The molecule has 3 aromatic rings. The van der Waals surface area contributed by atoms with Crippen LogP contribution in [0.1, 0.15) is 35.8 Å². The Balaban J connectivity index is 2.38. The van der Waals surface area contributed by atoms with Gasteiger partial charge in [-0.15, -0.1) is 13.2 Å². The minimum Gasteiger partial charge on any atom is -0.478 e. The fourth-order valence-electron chi connectivity index (χ4n) is 3.04. The first-order chi connectivity index (χ1) is 13.1. The van der Waals surface area contributed by atoms with Crippen LogP contribution in [0.25, 0.3) is 22.0 Å². The van der Waals surface area contributed by atoms with Crippen molar-refractivity contribution in [2.24, 2.45) is 0 Å². The molecular formula is C20H15ClF3NO3. The Morgan fingerprint density at radius 1 is 1.18 bits per heavy atom. The summed E-state index contributed by atoms with van der Waals surface area (Å²) in [5, 5.41) is 10.6. The average molecular weight is 410 g/mol. The molecule has 3 rings (SSSR count). The lowest BCUT2D eigenvalue weighted by Crippen LogP contribution is -2.17. The number of alkyl halides is 3. The Morgan fingerprint density at radius 3 is 2.50 bits per heavy atom. The number of aromatic nitrogens is 1. The van der Waals surface area contributed by atoms with Gasteiger partial charge in [0.25, 0.3) is 0 Å². The maximum atomic E-state index is 12.6. The molecule has 2 aromatic carbocycles. The Morgan fingerprint density at radius 2 is 1.89 bits per heavy atom. The Kier molecular flexibility index (Phi) is 5.21. The molecule has 0 aliphatic rings. The van der Waals surface area contributed by atoms with E-state index in [-0.39, 0.29) is 22.6 Å². The molecule has 1 N–H and O–H groups in total. The van der Waals surface area contributed by atoms with E-state index in [0.29, 0.717) is 21.6 Å². The predicted molar refractivity (Wildman–Crippen MR) is 99.9 cm³/mol. The predicted octanol–water partition coefficient (Wildman–Crippen LogP) is 6.28. The van der Waals surface area contributed by atoms with Crippen LogP contribution in [-0.4, -0.2) is 22.4 Å². The van der Waals surface area contributed by atoms with Gasteiger partial charge in [-0.2, -0.15) is 0 Å². The molecule has 1 aromatic heterocycles. The topological polar surface area (TPSA) is 59.4 Å². The molecule has 0 aliphatic carbocycles. The fraction of sp³-hybridized carbons (Fsp3) is 0.200. The lowest BCUT2D eigenvalue weighted by Gasteiger charge is -2.18. The summed E-state index contributed by atoms with van der Waals surface area (Å²) in [6.07, 6.45) is -4.86. The first-order valence-corrected chi connectivity index (χ1v) is 8.67. The van der Waals surface area contributed by atoms with E-state index in [4.69, 9.17) is 11.6 Å². The number of benzene rings is 2. The molecule has 28 heavy (non-hydrogen) atoms. The summed E-state index contributed by atoms with van der Waals surface area (Å²) >= 11 is 6.08. The first kappa shape index (κ1) is 19.9. The second kappa shape index (κ2) is 7.31. The first-order valence-electron chi connectivity index (χ1n) is 8.29. The number of carboxylic acid groups (broad SMARTS) is 1. The largest absolute Gasteiger partial charge is 0.573 e. The third-order valence-electron chi connectivity index (χ3n) is 4.09. The van der Waals surface area contributed by atoms with E-state index in [1.807, 2.05) is 0 Å². The molecule has 0 saturated carbocycles. The molecule has 4 nitrogen and oxygen atoms in total. The van der Waals surface area contributed by atoms with Crippen LogP contribution in [0.2, 0.25) is 5.02 Å². The second-order valence-electron chi connectivity index (χ2n) is 6.44. The molecule has 0 saturated heterocycles. The molecule has 0 unspecified atom stereocenters. The summed E-state index contributed by atoms with van der Waals surface area (Å²) in [6, 6.07) is 10.0. The van der Waals surface area contributed by atoms with Gasteiger partial charge >= 0.3 is 12.3 Å². The highest BCUT2D eigenvalue weighted by Gasteiger charge is 2.31. The molecule has 0 amide bonds. The molecule has 0 radical (unpaired) electrons. The Hall–Kier alpha value is -2.80. The Labute approximate surface area is 163 Å². The van der Waals surface area contributed by atoms with Crippen molar-refractivity contribution < 1.29 is 27.8 Å². The van der Waals surface area contributed by atoms with Crippen molar-refractivity contribution in [3.8, 4) is 16.9 Å². The number of ether oxygens (including phenoxy) is 1. The van der Waals surface area contributed by atoms with Crippen LogP contribution in [0.15, 0.2) is 42.5 Å². The Bertz CT molecular complexity index is 1060. The van der Waals surface area contributed by atoms with Crippen LogP contribution < -0.4 is 4.74 Å². The third kappa shape index (κ3) is 4.04. The number of fused-ring (bicyclic) bond motifs is 1. The fourth-order valence-corrected chi connectivity index (χ4v) is 3.21. The normalized spacial score (nSPS) is 11.8. The standard InChI is InChI=1S/C20H15ClF3NO3/c1-10(2)18-17(19(26)27)16(14-9-12(21)6-7-15(14)25-18)11-4-3-5-13(8-11)28-20(22,23)24/h3-10H,1-2H3,(H,26,27). The number of rotatable bonds is 4. The number of nitrogens with zero attached hydrogens (tertiary/aromatic N) is 1. The monoisotopic (exact) mass is 409 g/mol. The molecule has 0 atom stereocenters. The van der Waals surface area contributed by atoms with Gasteiger partial charge in [-0.1, -0.05) is 37.6 Å². The molecule has 0 bridgehead atoms. The summed E-state index contributed by atoms with van der Waals surface area (Å²) in [6.45, 7) is 3.59. The van der Waals surface area contributed by atoms with Gasteiger partial charge in [0, 0.05) is 16.0 Å². The van der Waals surface area contributed by atoms with E-state index >= 15 is 0 Å². The zero-order chi connectivity index (χ0) is 20.6. The van der Waals surface area contributed by atoms with Crippen LogP contribution in [0.3, 0.4) is 0 Å². The van der Waals surface area contributed by atoms with E-state index in [0.717, 1.165) is 12.1 Å². The van der Waals surface area contributed by atoms with Crippen molar-refractivity contribution >= 4 is 28.5 Å². The smallest absolute Gasteiger partial charge is 0.478 e. The minimum atomic E-state index is -4.86. The van der Waals surface area contributed by atoms with E-state index in [9.17, 15) is 23.1 Å². The van der Waals surface area contributed by atoms with Crippen LogP contribution >= 0.6 is 11.6 Å². The van der Waals surface area contributed by atoms with E-state index < -0.39 is 18.1 Å². The number of aromatic carboxylic acids is 1. The zero-order valence-corrected chi connectivity index (χ0v) is 15.6. The number of hydrogen-bond acceptors (Lipinski definition) is 3. The second-order valence-corrected chi connectivity index (χ2v) is 6.88. The highest BCUT2D eigenvalue weighted by atomic mass is 35.5. The third-order valence-corrected chi connectivity index (χ3v) is 4.33. The van der Waals surface area contributed by atoms with Gasteiger partial charge in [-0.3, -0.25) is 4.98 Å². The summed E-state index contributed by atoms with van der Waals surface area (Å²) < 4.78 is 41.8. The zero-order valence-electron chi connectivity index (χ0n) is 14.8. The van der Waals surface area contributed by atoms with E-state index in [2.05, 4.69) is 9.72 Å². The molecule has 1 heterocycles. The molecule has 0 spiro atoms. The van der Waals surface area contributed by atoms with Crippen LogP contribution in [0.4, 0.5) is 13.2 Å². The lowest BCUT2D eigenvalue weighted by atomic mass is 9.91. The van der Waals surface area contributed by atoms with Crippen molar-refractivity contribution in [1.29, 1.82) is 0 Å². The quantitative estimate of drug-likeness (QED) is 0.551. The SMILES string of the molecule is CC(C)c1nc2ccc(Cl)cc2c(-c2cccc(OC(F)(F)F)c2)c1C(=O)O. The van der Waals surface area contributed by atoms with Gasteiger partial charge in [-0.25, -0.2) is 4.79 Å². The highest BCUT2D eigenvalue weighted by Crippen LogP contribution is 2.38. The highest BCUT2D eigenvalue weighted by molar-refractivity contribution is 6.31. The lowest BCUT2D eigenvalue weighted by molar-refractivity contribution is -0.274. The van der Waals surface area contributed by atoms with Gasteiger partial charge in [0.05, 0.1) is 16.8 Å². The summed E-state index contributed by atoms with van der Waals surface area (Å²) in [5.74, 6) is -1.89. The average Bonchev–Trinajstić information content (AvgIpc) is 2.58. The molecule has 0 fully saturated rings. The van der Waals surface area contributed by atoms with Crippen LogP contribution in [0.5, 0.6) is 5.75 Å². The van der Waals surface area contributed by atoms with Gasteiger partial charge in [-0.05, 0) is 41.8 Å². The summed E-state index contributed by atoms with van der Waals surface area (Å²) in [5.41, 5.74) is 1.26. The number of hydrogen-bond donors (Lipinski definition) is 1. The van der Waals surface area contributed by atoms with Gasteiger partial charge in [0.2, 0.25) is 0 Å². The number of halogens is 4. The van der Waals surface area contributed by atoms with Crippen molar-refractivity contribution in [3.05, 3.63) is 58.7 Å². The van der Waals surface area contributed by atoms with E-state index in [1.165, 1.54) is 12.1 Å². The molecule has 0 aliphatic heterocycles. The summed E-state index contributed by atoms with van der Waals surface area (Å²) in [4.78, 5) is 16.5.